The highest BCUT2D eigenvalue weighted by atomic mass is 15.1. The van der Waals surface area contributed by atoms with Crippen LogP contribution in [-0.2, 0) is 5.41 Å². The van der Waals surface area contributed by atoms with Gasteiger partial charge >= 0.3 is 0 Å². The summed E-state index contributed by atoms with van der Waals surface area (Å²) in [5.41, 5.74) is 15.4. The van der Waals surface area contributed by atoms with Crippen molar-refractivity contribution in [2.24, 2.45) is 0 Å². The Bertz CT molecular complexity index is 3400. The van der Waals surface area contributed by atoms with Crippen LogP contribution in [0.1, 0.15) is 22.3 Å². The van der Waals surface area contributed by atoms with E-state index in [-0.39, 0.29) is 0 Å². The Morgan fingerprint density at radius 2 is 0.774 bits per heavy atom. The summed E-state index contributed by atoms with van der Waals surface area (Å²) >= 11 is 0. The van der Waals surface area contributed by atoms with Crippen LogP contribution in [0.5, 0.6) is 0 Å². The molecule has 1 nitrogen and oxygen atoms in total. The van der Waals surface area contributed by atoms with Crippen molar-refractivity contribution < 1.29 is 0 Å². The van der Waals surface area contributed by atoms with Gasteiger partial charge < -0.3 is 4.90 Å². The number of hydrogen-bond donors (Lipinski definition) is 0. The van der Waals surface area contributed by atoms with E-state index in [1.54, 1.807) is 0 Å². The summed E-state index contributed by atoms with van der Waals surface area (Å²) in [5, 5.41) is 7.36. The van der Waals surface area contributed by atoms with Crippen molar-refractivity contribution in [3.05, 3.63) is 271 Å². The molecule has 11 aromatic rings. The van der Waals surface area contributed by atoms with Gasteiger partial charge in [0.05, 0.1) is 11.1 Å². The van der Waals surface area contributed by atoms with Crippen LogP contribution in [0.3, 0.4) is 0 Å². The molecule has 1 aliphatic carbocycles. The molecule has 12 rings (SSSR count). The molecule has 0 radical (unpaired) electrons. The number of rotatable bonds is 7. The van der Waals surface area contributed by atoms with Gasteiger partial charge in [0.15, 0.2) is 0 Å². The Labute approximate surface area is 362 Å². The molecule has 62 heavy (non-hydrogen) atoms. The van der Waals surface area contributed by atoms with Crippen molar-refractivity contribution in [3.8, 4) is 33.4 Å². The van der Waals surface area contributed by atoms with Gasteiger partial charge in [-0.25, -0.2) is 0 Å². The molecule has 0 unspecified atom stereocenters. The number of anilines is 3. The first-order chi connectivity index (χ1) is 30.8. The second-order valence-corrected chi connectivity index (χ2v) is 16.3. The molecule has 1 heteroatoms. The zero-order chi connectivity index (χ0) is 41.0. The molecule has 0 aromatic heterocycles. The van der Waals surface area contributed by atoms with Crippen molar-refractivity contribution in [2.45, 2.75) is 5.41 Å². The minimum absolute atomic E-state index is 0.473. The predicted molar refractivity (Wildman–Crippen MR) is 262 cm³/mol. The third kappa shape index (κ3) is 5.49. The van der Waals surface area contributed by atoms with E-state index in [0.717, 1.165) is 17.1 Å². The van der Waals surface area contributed by atoms with Gasteiger partial charge in [0.1, 0.15) is 0 Å². The van der Waals surface area contributed by atoms with Crippen molar-refractivity contribution in [3.63, 3.8) is 0 Å². The van der Waals surface area contributed by atoms with Gasteiger partial charge in [0.2, 0.25) is 0 Å². The molecule has 0 N–H and O–H groups in total. The fourth-order valence-electron chi connectivity index (χ4n) is 10.5. The molecular formula is C61H41N. The van der Waals surface area contributed by atoms with Gasteiger partial charge in [0, 0.05) is 16.8 Å². The number of hydrogen-bond acceptors (Lipinski definition) is 1. The largest absolute Gasteiger partial charge is 0.310 e. The smallest absolute Gasteiger partial charge is 0.0713 e. The molecular weight excluding hydrogens is 747 g/mol. The summed E-state index contributed by atoms with van der Waals surface area (Å²) in [7, 11) is 0. The van der Waals surface area contributed by atoms with E-state index in [2.05, 4.69) is 254 Å². The topological polar surface area (TPSA) is 3.24 Å². The quantitative estimate of drug-likeness (QED) is 0.145. The molecule has 0 atom stereocenters. The van der Waals surface area contributed by atoms with Crippen molar-refractivity contribution in [1.82, 2.24) is 0 Å². The normalized spacial score (nSPS) is 12.6. The monoisotopic (exact) mass is 787 g/mol. The zero-order valence-corrected chi connectivity index (χ0v) is 34.1. The second-order valence-electron chi connectivity index (χ2n) is 16.3. The summed E-state index contributed by atoms with van der Waals surface area (Å²) < 4.78 is 0. The van der Waals surface area contributed by atoms with Gasteiger partial charge in [-0.15, -0.1) is 0 Å². The summed E-state index contributed by atoms with van der Waals surface area (Å²) in [5.74, 6) is 0. The predicted octanol–water partition coefficient (Wildman–Crippen LogP) is 16.3. The van der Waals surface area contributed by atoms with Crippen LogP contribution in [0.15, 0.2) is 249 Å². The zero-order valence-electron chi connectivity index (χ0n) is 34.1. The van der Waals surface area contributed by atoms with Crippen LogP contribution in [-0.4, -0.2) is 0 Å². The average Bonchev–Trinajstić information content (AvgIpc) is 3.65. The molecule has 1 aliphatic rings. The van der Waals surface area contributed by atoms with Gasteiger partial charge in [0.25, 0.3) is 0 Å². The standard InChI is InChI=1S/C61H41N/c1-5-21-43(22-6-1)59-53-33-16-15-31-50(53)51-38-36-47(41-55(51)60(59)44-23-7-2-8-24-44)62(58-35-19-25-42-20-13-14-30-49(42)58)48-37-39-57-54(40-48)52-32-17-18-34-56(52)61(57,45-26-9-3-10-27-45)46-28-11-4-12-29-46/h1-41H. The molecule has 0 fully saturated rings. The highest BCUT2D eigenvalue weighted by Gasteiger charge is 2.46. The average molecular weight is 788 g/mol. The Morgan fingerprint density at radius 1 is 0.290 bits per heavy atom. The summed E-state index contributed by atoms with van der Waals surface area (Å²) in [4.78, 5) is 2.49. The van der Waals surface area contributed by atoms with Gasteiger partial charge in [-0.05, 0) is 113 Å². The molecule has 290 valence electrons. The van der Waals surface area contributed by atoms with E-state index in [1.807, 2.05) is 0 Å². The second kappa shape index (κ2) is 14.6. The van der Waals surface area contributed by atoms with Crippen molar-refractivity contribution in [1.29, 1.82) is 0 Å². The van der Waals surface area contributed by atoms with E-state index in [0.29, 0.717) is 0 Å². The van der Waals surface area contributed by atoms with Crippen LogP contribution < -0.4 is 4.90 Å². The first-order valence-corrected chi connectivity index (χ1v) is 21.5. The molecule has 0 saturated heterocycles. The molecule has 0 amide bonds. The highest BCUT2D eigenvalue weighted by molar-refractivity contribution is 6.22. The van der Waals surface area contributed by atoms with Crippen LogP contribution in [0, 0.1) is 0 Å². The summed E-state index contributed by atoms with van der Waals surface area (Å²) in [6.45, 7) is 0. The number of fused-ring (bicyclic) bond motifs is 7. The molecule has 0 heterocycles. The maximum absolute atomic E-state index is 2.49. The van der Waals surface area contributed by atoms with Gasteiger partial charge in [-0.2, -0.15) is 0 Å². The Balaban J connectivity index is 1.17. The van der Waals surface area contributed by atoms with Crippen molar-refractivity contribution in [2.75, 3.05) is 4.90 Å². The van der Waals surface area contributed by atoms with E-state index < -0.39 is 5.41 Å². The minimum Gasteiger partial charge on any atom is -0.310 e. The Morgan fingerprint density at radius 3 is 1.47 bits per heavy atom. The molecule has 0 aliphatic heterocycles. The Kier molecular flexibility index (Phi) is 8.47. The Hall–Kier alpha value is -8.00. The first kappa shape index (κ1) is 35.9. The van der Waals surface area contributed by atoms with E-state index in [1.165, 1.54) is 88.0 Å². The number of benzene rings is 11. The van der Waals surface area contributed by atoms with E-state index in [4.69, 9.17) is 0 Å². The lowest BCUT2D eigenvalue weighted by Crippen LogP contribution is -2.28. The first-order valence-electron chi connectivity index (χ1n) is 21.5. The van der Waals surface area contributed by atoms with E-state index in [9.17, 15) is 0 Å². The van der Waals surface area contributed by atoms with Gasteiger partial charge in [-0.1, -0.05) is 218 Å². The van der Waals surface area contributed by atoms with Crippen molar-refractivity contribution >= 4 is 49.4 Å². The van der Waals surface area contributed by atoms with Crippen LogP contribution in [0.4, 0.5) is 17.1 Å². The summed E-state index contributed by atoms with van der Waals surface area (Å²) in [6, 6.07) is 91.7. The maximum atomic E-state index is 2.49. The lowest BCUT2D eigenvalue weighted by molar-refractivity contribution is 0.768. The fraction of sp³-hybridized carbons (Fsp3) is 0.0164. The lowest BCUT2D eigenvalue weighted by Gasteiger charge is -2.34. The fourth-order valence-corrected chi connectivity index (χ4v) is 10.5. The van der Waals surface area contributed by atoms with Crippen LogP contribution >= 0.6 is 0 Å². The molecule has 0 saturated carbocycles. The van der Waals surface area contributed by atoms with Crippen LogP contribution in [0.25, 0.3) is 65.7 Å². The SMILES string of the molecule is c1ccc(-c2c(-c3ccccc3)c3cc(N(c4ccc5c(c4)-c4ccccc4C5(c4ccccc4)c4ccccc4)c4cccc5ccccc45)ccc3c3ccccc23)cc1. The van der Waals surface area contributed by atoms with Gasteiger partial charge in [-0.3, -0.25) is 0 Å². The van der Waals surface area contributed by atoms with Crippen LogP contribution in [0.2, 0.25) is 0 Å². The molecule has 11 aromatic carbocycles. The number of nitrogens with zero attached hydrogens (tertiary/aromatic N) is 1. The molecule has 0 spiro atoms. The third-order valence-corrected chi connectivity index (χ3v) is 13.1. The molecule has 0 bridgehead atoms. The minimum atomic E-state index is -0.473. The lowest BCUT2D eigenvalue weighted by atomic mass is 9.68. The summed E-state index contributed by atoms with van der Waals surface area (Å²) in [6.07, 6.45) is 0. The maximum Gasteiger partial charge on any atom is 0.0713 e. The van der Waals surface area contributed by atoms with E-state index >= 15 is 0 Å². The highest BCUT2D eigenvalue weighted by Crippen LogP contribution is 2.57. The third-order valence-electron chi connectivity index (χ3n) is 13.1.